The molecule has 1 heterocycles. The van der Waals surface area contributed by atoms with Crippen LogP contribution in [0.4, 0.5) is 15.8 Å². The zero-order valence-electron chi connectivity index (χ0n) is 17.0. The van der Waals surface area contributed by atoms with Crippen molar-refractivity contribution >= 4 is 38.9 Å². The van der Waals surface area contributed by atoms with Gasteiger partial charge in [0, 0.05) is 31.9 Å². The Morgan fingerprint density at radius 1 is 0.906 bits per heavy atom. The van der Waals surface area contributed by atoms with Gasteiger partial charge in [0.25, 0.3) is 5.91 Å². The van der Waals surface area contributed by atoms with Crippen LogP contribution in [0, 0.1) is 5.82 Å². The molecule has 1 amide bonds. The molecule has 1 aliphatic rings. The fraction of sp³-hybridized carbons (Fsp3) is 0.174. The average Bonchev–Trinajstić information content (AvgIpc) is 2.81. The Kier molecular flexibility index (Phi) is 6.45. The second-order valence-electron chi connectivity index (χ2n) is 7.30. The number of nitrogens with zero attached hydrogens (tertiary/aromatic N) is 2. The number of rotatable bonds is 5. The SMILES string of the molecule is O=C(Nc1ccccc1Cl)c1cc(S(=O)(=O)N2CCN(c3ccccc3)CC2)ccc1F. The lowest BCUT2D eigenvalue weighted by molar-refractivity contribution is 0.102. The monoisotopic (exact) mass is 473 g/mol. The van der Waals surface area contributed by atoms with Crippen LogP contribution in [0.1, 0.15) is 10.4 Å². The van der Waals surface area contributed by atoms with Gasteiger partial charge in [-0.1, -0.05) is 41.9 Å². The van der Waals surface area contributed by atoms with Crippen molar-refractivity contribution < 1.29 is 17.6 Å². The summed E-state index contributed by atoms with van der Waals surface area (Å²) in [4.78, 5) is 14.6. The normalized spacial score (nSPS) is 14.9. The number of anilines is 2. The second kappa shape index (κ2) is 9.28. The van der Waals surface area contributed by atoms with Crippen LogP contribution in [0.15, 0.2) is 77.7 Å². The summed E-state index contributed by atoms with van der Waals surface area (Å²) in [5.74, 6) is -1.59. The van der Waals surface area contributed by atoms with Crippen molar-refractivity contribution in [2.45, 2.75) is 4.90 Å². The van der Waals surface area contributed by atoms with Crippen LogP contribution in [0.2, 0.25) is 5.02 Å². The van der Waals surface area contributed by atoms with Gasteiger partial charge in [-0.05, 0) is 42.5 Å². The quantitative estimate of drug-likeness (QED) is 0.601. The Morgan fingerprint density at radius 2 is 1.56 bits per heavy atom. The van der Waals surface area contributed by atoms with E-state index in [1.807, 2.05) is 30.3 Å². The summed E-state index contributed by atoms with van der Waals surface area (Å²) < 4.78 is 42.1. The fourth-order valence-electron chi connectivity index (χ4n) is 3.57. The molecule has 0 aliphatic carbocycles. The maximum absolute atomic E-state index is 14.4. The lowest BCUT2D eigenvalue weighted by Gasteiger charge is -2.35. The van der Waals surface area contributed by atoms with Gasteiger partial charge in [0.2, 0.25) is 10.0 Å². The molecule has 1 aliphatic heterocycles. The summed E-state index contributed by atoms with van der Waals surface area (Å²) in [5.41, 5.74) is 0.975. The molecule has 9 heteroatoms. The molecule has 0 aromatic heterocycles. The molecule has 166 valence electrons. The summed E-state index contributed by atoms with van der Waals surface area (Å²) in [6.45, 7) is 1.64. The second-order valence-corrected chi connectivity index (χ2v) is 9.65. The molecular weight excluding hydrogens is 453 g/mol. The number of nitrogens with one attached hydrogen (secondary N) is 1. The highest BCUT2D eigenvalue weighted by molar-refractivity contribution is 7.89. The van der Waals surface area contributed by atoms with Crippen molar-refractivity contribution in [3.63, 3.8) is 0 Å². The van der Waals surface area contributed by atoms with Gasteiger partial charge in [-0.15, -0.1) is 0 Å². The Hall–Kier alpha value is -2.94. The highest BCUT2D eigenvalue weighted by atomic mass is 35.5. The van der Waals surface area contributed by atoms with E-state index in [9.17, 15) is 17.6 Å². The van der Waals surface area contributed by atoms with Crippen molar-refractivity contribution in [3.05, 3.63) is 89.2 Å². The molecule has 32 heavy (non-hydrogen) atoms. The zero-order chi connectivity index (χ0) is 22.7. The molecular formula is C23H21ClFN3O3S. The molecule has 6 nitrogen and oxygen atoms in total. The van der Waals surface area contributed by atoms with Gasteiger partial charge >= 0.3 is 0 Å². The molecule has 3 aromatic carbocycles. The van der Waals surface area contributed by atoms with E-state index in [0.29, 0.717) is 23.8 Å². The van der Waals surface area contributed by atoms with Crippen LogP contribution in [0.5, 0.6) is 0 Å². The number of para-hydroxylation sites is 2. The summed E-state index contributed by atoms with van der Waals surface area (Å²) in [7, 11) is -3.89. The van der Waals surface area contributed by atoms with Gasteiger partial charge in [-0.3, -0.25) is 4.79 Å². The minimum atomic E-state index is -3.89. The number of carbonyl (C=O) groups is 1. The van der Waals surface area contributed by atoms with Gasteiger partial charge in [0.05, 0.1) is 21.2 Å². The lowest BCUT2D eigenvalue weighted by atomic mass is 10.2. The third-order valence-corrected chi connectivity index (χ3v) is 7.53. The summed E-state index contributed by atoms with van der Waals surface area (Å²) in [6.07, 6.45) is 0. The van der Waals surface area contributed by atoms with E-state index in [2.05, 4.69) is 10.2 Å². The molecule has 0 radical (unpaired) electrons. The minimum absolute atomic E-state index is 0.128. The molecule has 0 bridgehead atoms. The predicted molar refractivity (Wildman–Crippen MR) is 123 cm³/mol. The average molecular weight is 474 g/mol. The molecule has 4 rings (SSSR count). The zero-order valence-corrected chi connectivity index (χ0v) is 18.6. The van der Waals surface area contributed by atoms with E-state index < -0.39 is 21.7 Å². The number of hydrogen-bond acceptors (Lipinski definition) is 4. The Bertz CT molecular complexity index is 1230. The van der Waals surface area contributed by atoms with E-state index in [0.717, 1.165) is 17.8 Å². The number of carbonyl (C=O) groups excluding carboxylic acids is 1. The van der Waals surface area contributed by atoms with Gasteiger partial charge < -0.3 is 10.2 Å². The van der Waals surface area contributed by atoms with Crippen LogP contribution in [-0.4, -0.2) is 44.8 Å². The van der Waals surface area contributed by atoms with Crippen LogP contribution in [-0.2, 0) is 10.0 Å². The van der Waals surface area contributed by atoms with Crippen molar-refractivity contribution in [2.24, 2.45) is 0 Å². The first-order valence-electron chi connectivity index (χ1n) is 10.0. The molecule has 1 fully saturated rings. The molecule has 0 unspecified atom stereocenters. The number of benzene rings is 3. The standard InChI is InChI=1S/C23H21ClFN3O3S/c24-20-8-4-5-9-22(20)26-23(29)19-16-18(10-11-21(19)25)32(30,31)28-14-12-27(13-15-28)17-6-2-1-3-7-17/h1-11,16H,12-15H2,(H,26,29). The number of amides is 1. The van der Waals surface area contributed by atoms with Crippen molar-refractivity contribution in [2.75, 3.05) is 36.4 Å². The minimum Gasteiger partial charge on any atom is -0.369 e. The number of halogens is 2. The van der Waals surface area contributed by atoms with Crippen molar-refractivity contribution in [3.8, 4) is 0 Å². The van der Waals surface area contributed by atoms with Crippen LogP contribution in [0.3, 0.4) is 0 Å². The van der Waals surface area contributed by atoms with E-state index in [1.165, 1.54) is 10.4 Å². The largest absolute Gasteiger partial charge is 0.369 e. The van der Waals surface area contributed by atoms with E-state index in [-0.39, 0.29) is 23.5 Å². The lowest BCUT2D eigenvalue weighted by Crippen LogP contribution is -2.48. The summed E-state index contributed by atoms with van der Waals surface area (Å²) in [5, 5.41) is 2.82. The molecule has 1 N–H and O–H groups in total. The summed E-state index contributed by atoms with van der Waals surface area (Å²) >= 11 is 6.04. The first kappa shape index (κ1) is 22.3. The topological polar surface area (TPSA) is 69.7 Å². The van der Waals surface area contributed by atoms with Crippen molar-refractivity contribution in [1.29, 1.82) is 0 Å². The fourth-order valence-corrected chi connectivity index (χ4v) is 5.20. The van der Waals surface area contributed by atoms with Crippen molar-refractivity contribution in [1.82, 2.24) is 4.31 Å². The number of piperazine rings is 1. The molecule has 0 atom stereocenters. The highest BCUT2D eigenvalue weighted by Crippen LogP contribution is 2.25. The van der Waals surface area contributed by atoms with Crippen LogP contribution < -0.4 is 10.2 Å². The first-order valence-corrected chi connectivity index (χ1v) is 11.8. The Labute approximate surface area is 191 Å². The summed E-state index contributed by atoms with van der Waals surface area (Å²) in [6, 6.07) is 19.5. The highest BCUT2D eigenvalue weighted by Gasteiger charge is 2.30. The maximum atomic E-state index is 14.4. The molecule has 3 aromatic rings. The van der Waals surface area contributed by atoms with Gasteiger partial charge in [-0.2, -0.15) is 4.31 Å². The predicted octanol–water partition coefficient (Wildman–Crippen LogP) is 4.24. The molecule has 0 spiro atoms. The van der Waals surface area contributed by atoms with E-state index >= 15 is 0 Å². The molecule has 0 saturated carbocycles. The number of hydrogen-bond donors (Lipinski definition) is 1. The third kappa shape index (κ3) is 4.62. The molecule has 1 saturated heterocycles. The van der Waals surface area contributed by atoms with Crippen LogP contribution >= 0.6 is 11.6 Å². The maximum Gasteiger partial charge on any atom is 0.258 e. The Balaban J connectivity index is 1.52. The number of sulfonamides is 1. The van der Waals surface area contributed by atoms with E-state index in [4.69, 9.17) is 11.6 Å². The van der Waals surface area contributed by atoms with Crippen LogP contribution in [0.25, 0.3) is 0 Å². The van der Waals surface area contributed by atoms with E-state index in [1.54, 1.807) is 24.3 Å². The smallest absolute Gasteiger partial charge is 0.258 e. The first-order chi connectivity index (χ1) is 15.4. The van der Waals surface area contributed by atoms with Gasteiger partial charge in [0.1, 0.15) is 5.82 Å². The Morgan fingerprint density at radius 3 is 2.25 bits per heavy atom. The third-order valence-electron chi connectivity index (χ3n) is 5.30. The van der Waals surface area contributed by atoms with Gasteiger partial charge in [-0.25, -0.2) is 12.8 Å². The van der Waals surface area contributed by atoms with Gasteiger partial charge in [0.15, 0.2) is 0 Å².